The van der Waals surface area contributed by atoms with E-state index in [4.69, 9.17) is 9.47 Å². The Kier molecular flexibility index (Phi) is 46.1. The van der Waals surface area contributed by atoms with Crippen LogP contribution in [0.4, 0.5) is 0 Å². The summed E-state index contributed by atoms with van der Waals surface area (Å²) in [5.74, 6) is -0.0648. The van der Waals surface area contributed by atoms with E-state index in [-0.39, 0.29) is 30.3 Å². The van der Waals surface area contributed by atoms with E-state index in [1.54, 1.807) is 0 Å². The fraction of sp³-hybridized carbons (Fsp3) is 0.957. The standard InChI is InChI=1S/C26H52O3.C21H42O3/c1-3-5-7-9-16-20-24-29-26(28)23-19-15-13-11-10-12-14-18-22-25(27)21-17-8-6-4-2;1-4-5-6-13-16-20(22)17-14-11-9-7-8-10-12-15-18-21(23)24-19(2)3/h25,27H,3-24H2,1-2H3;19-20,22H,4-18H2,1-3H3. The van der Waals surface area contributed by atoms with E-state index in [2.05, 4.69) is 20.8 Å². The first-order valence-electron chi connectivity index (χ1n) is 23.5. The van der Waals surface area contributed by atoms with Crippen molar-refractivity contribution in [3.63, 3.8) is 0 Å². The van der Waals surface area contributed by atoms with Crippen molar-refractivity contribution in [1.29, 1.82) is 0 Å². The number of ether oxygens (including phenoxy) is 2. The van der Waals surface area contributed by atoms with Gasteiger partial charge in [-0.2, -0.15) is 0 Å². The van der Waals surface area contributed by atoms with E-state index >= 15 is 0 Å². The molecule has 53 heavy (non-hydrogen) atoms. The highest BCUT2D eigenvalue weighted by Crippen LogP contribution is 2.16. The molecule has 0 aliphatic carbocycles. The molecule has 318 valence electrons. The van der Waals surface area contributed by atoms with Gasteiger partial charge in [0.2, 0.25) is 0 Å². The zero-order chi connectivity index (χ0) is 39.5. The molecule has 0 rings (SSSR count). The Morgan fingerprint density at radius 3 is 1.04 bits per heavy atom. The highest BCUT2D eigenvalue weighted by Gasteiger charge is 2.07. The highest BCUT2D eigenvalue weighted by atomic mass is 16.5. The minimum Gasteiger partial charge on any atom is -0.466 e. The fourth-order valence-corrected chi connectivity index (χ4v) is 6.78. The minimum absolute atomic E-state index is 0.00681. The molecule has 0 radical (unpaired) electrons. The number of carbonyl (C=O) groups excluding carboxylic acids is 2. The van der Waals surface area contributed by atoms with Crippen molar-refractivity contribution in [1.82, 2.24) is 0 Å². The summed E-state index contributed by atoms with van der Waals surface area (Å²) in [6.45, 7) is 11.1. The maximum absolute atomic E-state index is 11.7. The van der Waals surface area contributed by atoms with Crippen LogP contribution in [0.1, 0.15) is 266 Å². The third kappa shape index (κ3) is 48.8. The van der Waals surface area contributed by atoms with E-state index in [0.717, 1.165) is 64.2 Å². The van der Waals surface area contributed by atoms with Crippen LogP contribution in [-0.4, -0.2) is 47.1 Å². The largest absolute Gasteiger partial charge is 0.466 e. The van der Waals surface area contributed by atoms with Crippen molar-refractivity contribution < 1.29 is 29.3 Å². The Labute approximate surface area is 331 Å². The number of hydrogen-bond acceptors (Lipinski definition) is 6. The van der Waals surface area contributed by atoms with Gasteiger partial charge in [-0.15, -0.1) is 0 Å². The van der Waals surface area contributed by atoms with Crippen LogP contribution < -0.4 is 0 Å². The van der Waals surface area contributed by atoms with E-state index in [1.807, 2.05) is 13.8 Å². The second-order valence-electron chi connectivity index (χ2n) is 16.3. The topological polar surface area (TPSA) is 93.1 Å². The molecule has 0 fully saturated rings. The predicted molar refractivity (Wildman–Crippen MR) is 227 cm³/mol. The quantitative estimate of drug-likeness (QED) is 0.0478. The lowest BCUT2D eigenvalue weighted by molar-refractivity contribution is -0.147. The molecular weight excluding hydrogens is 661 g/mol. The average Bonchev–Trinajstić information content (AvgIpc) is 3.13. The molecule has 2 atom stereocenters. The number of aliphatic hydroxyl groups excluding tert-OH is 2. The summed E-state index contributed by atoms with van der Waals surface area (Å²) in [6.07, 6.45) is 41.5. The zero-order valence-electron chi connectivity index (χ0n) is 36.4. The van der Waals surface area contributed by atoms with Gasteiger partial charge in [-0.25, -0.2) is 0 Å². The Hall–Kier alpha value is -1.14. The molecule has 0 saturated heterocycles. The van der Waals surface area contributed by atoms with Crippen LogP contribution in [0.5, 0.6) is 0 Å². The summed E-state index contributed by atoms with van der Waals surface area (Å²) in [5.41, 5.74) is 0. The lowest BCUT2D eigenvalue weighted by atomic mass is 10.0. The summed E-state index contributed by atoms with van der Waals surface area (Å²) in [6, 6.07) is 0. The predicted octanol–water partition coefficient (Wildman–Crippen LogP) is 14.3. The van der Waals surface area contributed by atoms with Crippen molar-refractivity contribution in [3.8, 4) is 0 Å². The first-order valence-corrected chi connectivity index (χ1v) is 23.5. The summed E-state index contributed by atoms with van der Waals surface area (Å²) in [4.78, 5) is 23.1. The smallest absolute Gasteiger partial charge is 0.306 e. The van der Waals surface area contributed by atoms with Gasteiger partial charge in [0.15, 0.2) is 0 Å². The molecule has 2 unspecified atom stereocenters. The monoisotopic (exact) mass is 755 g/mol. The number of carbonyl (C=O) groups is 2. The van der Waals surface area contributed by atoms with Crippen molar-refractivity contribution in [2.75, 3.05) is 6.61 Å². The Balaban J connectivity index is 0. The zero-order valence-corrected chi connectivity index (χ0v) is 36.4. The molecule has 0 amide bonds. The molecule has 0 saturated carbocycles. The summed E-state index contributed by atoms with van der Waals surface area (Å²) < 4.78 is 10.4. The van der Waals surface area contributed by atoms with Gasteiger partial charge in [0.05, 0.1) is 24.9 Å². The number of aliphatic hydroxyl groups is 2. The van der Waals surface area contributed by atoms with Crippen molar-refractivity contribution in [3.05, 3.63) is 0 Å². The maximum Gasteiger partial charge on any atom is 0.306 e. The Bertz CT molecular complexity index is 726. The third-order valence-corrected chi connectivity index (χ3v) is 10.2. The SMILES string of the molecule is CCCCCCC(O)CCCCCCCCCCC(=O)OC(C)C.CCCCCCCCOC(=O)CCCCCCCCCCC(O)CCCCCC. The van der Waals surface area contributed by atoms with Crippen molar-refractivity contribution in [2.45, 2.75) is 284 Å². The Morgan fingerprint density at radius 1 is 0.396 bits per heavy atom. The number of rotatable bonds is 40. The van der Waals surface area contributed by atoms with Gasteiger partial charge in [0.1, 0.15) is 0 Å². The van der Waals surface area contributed by atoms with Crippen LogP contribution >= 0.6 is 0 Å². The average molecular weight is 755 g/mol. The molecule has 0 aliphatic rings. The van der Waals surface area contributed by atoms with Gasteiger partial charge < -0.3 is 19.7 Å². The highest BCUT2D eigenvalue weighted by molar-refractivity contribution is 5.69. The first-order chi connectivity index (χ1) is 25.8. The van der Waals surface area contributed by atoms with Crippen LogP contribution in [0.25, 0.3) is 0 Å². The van der Waals surface area contributed by atoms with Gasteiger partial charge in [0, 0.05) is 12.8 Å². The second-order valence-corrected chi connectivity index (χ2v) is 16.3. The van der Waals surface area contributed by atoms with E-state index < -0.39 is 0 Å². The molecule has 0 heterocycles. The second kappa shape index (κ2) is 45.3. The normalized spacial score (nSPS) is 12.4. The molecular formula is C47H94O6. The van der Waals surface area contributed by atoms with Gasteiger partial charge in [-0.05, 0) is 58.8 Å². The van der Waals surface area contributed by atoms with Gasteiger partial charge in [-0.3, -0.25) is 9.59 Å². The number of esters is 2. The molecule has 6 nitrogen and oxygen atoms in total. The van der Waals surface area contributed by atoms with Gasteiger partial charge in [0.25, 0.3) is 0 Å². The summed E-state index contributed by atoms with van der Waals surface area (Å²) in [5, 5.41) is 19.9. The molecule has 0 aromatic heterocycles. The van der Waals surface area contributed by atoms with Crippen molar-refractivity contribution in [2.24, 2.45) is 0 Å². The third-order valence-electron chi connectivity index (χ3n) is 10.2. The molecule has 0 aromatic rings. The summed E-state index contributed by atoms with van der Waals surface area (Å²) >= 11 is 0. The number of hydrogen-bond donors (Lipinski definition) is 2. The van der Waals surface area contributed by atoms with Crippen molar-refractivity contribution >= 4 is 11.9 Å². The van der Waals surface area contributed by atoms with Crippen LogP contribution in [0, 0.1) is 0 Å². The van der Waals surface area contributed by atoms with Gasteiger partial charge >= 0.3 is 11.9 Å². The molecule has 6 heteroatoms. The van der Waals surface area contributed by atoms with E-state index in [9.17, 15) is 19.8 Å². The first kappa shape index (κ1) is 54.0. The van der Waals surface area contributed by atoms with E-state index in [1.165, 1.54) is 154 Å². The Morgan fingerprint density at radius 2 is 0.679 bits per heavy atom. The molecule has 0 aromatic carbocycles. The fourth-order valence-electron chi connectivity index (χ4n) is 6.78. The molecule has 0 aliphatic heterocycles. The minimum atomic E-state index is -0.0764. The van der Waals surface area contributed by atoms with Crippen LogP contribution in [-0.2, 0) is 19.1 Å². The van der Waals surface area contributed by atoms with Gasteiger partial charge in [-0.1, -0.05) is 194 Å². The molecule has 0 spiro atoms. The summed E-state index contributed by atoms with van der Waals surface area (Å²) in [7, 11) is 0. The van der Waals surface area contributed by atoms with Crippen LogP contribution in [0.3, 0.4) is 0 Å². The lowest BCUT2D eigenvalue weighted by Crippen LogP contribution is -2.10. The lowest BCUT2D eigenvalue weighted by Gasteiger charge is -2.10. The van der Waals surface area contributed by atoms with E-state index in [0.29, 0.717) is 19.4 Å². The molecule has 0 bridgehead atoms. The van der Waals surface area contributed by atoms with Crippen LogP contribution in [0.15, 0.2) is 0 Å². The maximum atomic E-state index is 11.7. The molecule has 2 N–H and O–H groups in total. The van der Waals surface area contributed by atoms with Crippen LogP contribution in [0.2, 0.25) is 0 Å². The number of unbranched alkanes of at least 4 members (excludes halogenated alkanes) is 25.